The van der Waals surface area contributed by atoms with Crippen LogP contribution in [0.3, 0.4) is 0 Å². The Bertz CT molecular complexity index is 1680. The summed E-state index contributed by atoms with van der Waals surface area (Å²) in [7, 11) is 0. The molecule has 2 aromatic rings. The van der Waals surface area contributed by atoms with E-state index in [9.17, 15) is 33.6 Å². The van der Waals surface area contributed by atoms with Crippen LogP contribution in [0.4, 0.5) is 0 Å². The molecule has 2 aliphatic carbocycles. The lowest BCUT2D eigenvalue weighted by atomic mass is 9.84. The van der Waals surface area contributed by atoms with Crippen LogP contribution in [0.25, 0.3) is 0 Å². The van der Waals surface area contributed by atoms with E-state index in [1.165, 1.54) is 0 Å². The first-order chi connectivity index (χ1) is 26.0. The first kappa shape index (κ1) is 39.9. The van der Waals surface area contributed by atoms with Crippen molar-refractivity contribution < 1.29 is 33.6 Å². The number of nitrogens with two attached hydrogens (primary N) is 1. The highest BCUT2D eigenvalue weighted by atomic mass is 16.2. The van der Waals surface area contributed by atoms with Gasteiger partial charge in [-0.15, -0.1) is 0 Å². The number of rotatable bonds is 9. The molecule has 13 heteroatoms. The van der Waals surface area contributed by atoms with E-state index in [0.717, 1.165) is 57.1 Å². The molecule has 0 saturated heterocycles. The Morgan fingerprint density at radius 1 is 0.574 bits per heavy atom. The van der Waals surface area contributed by atoms with Crippen LogP contribution in [0.1, 0.15) is 98.5 Å². The lowest BCUT2D eigenvalue weighted by molar-refractivity contribution is -0.133. The summed E-state index contributed by atoms with van der Waals surface area (Å²) < 4.78 is 0. The Morgan fingerprint density at radius 2 is 1.13 bits per heavy atom. The van der Waals surface area contributed by atoms with E-state index < -0.39 is 59.6 Å². The molecule has 7 N–H and O–H groups in total. The number of carbonyl (C=O) groups is 7. The van der Waals surface area contributed by atoms with Crippen molar-refractivity contribution in [1.82, 2.24) is 26.6 Å². The van der Waals surface area contributed by atoms with Gasteiger partial charge in [0.15, 0.2) is 5.78 Å². The maximum absolute atomic E-state index is 14.2. The summed E-state index contributed by atoms with van der Waals surface area (Å²) in [6.07, 6.45) is 10.8. The minimum Gasteiger partial charge on any atom is -0.368 e. The van der Waals surface area contributed by atoms with Gasteiger partial charge in [-0.2, -0.15) is 0 Å². The largest absolute Gasteiger partial charge is 0.368 e. The van der Waals surface area contributed by atoms with Gasteiger partial charge in [-0.25, -0.2) is 0 Å². The predicted molar refractivity (Wildman–Crippen MR) is 201 cm³/mol. The van der Waals surface area contributed by atoms with Crippen LogP contribution >= 0.6 is 0 Å². The van der Waals surface area contributed by atoms with Gasteiger partial charge < -0.3 is 32.3 Å². The molecule has 2 saturated carbocycles. The first-order valence-corrected chi connectivity index (χ1v) is 19.2. The molecule has 4 atom stereocenters. The Labute approximate surface area is 316 Å². The quantitative estimate of drug-likeness (QED) is 0.212. The molecule has 6 amide bonds. The monoisotopic (exact) mass is 740 g/mol. The fraction of sp³-hybridized carbons (Fsp3) is 0.488. The molecule has 54 heavy (non-hydrogen) atoms. The minimum absolute atomic E-state index is 0.115. The van der Waals surface area contributed by atoms with Crippen LogP contribution in [0, 0.1) is 11.8 Å². The smallest absolute Gasteiger partial charge is 0.244 e. The van der Waals surface area contributed by atoms with E-state index in [4.69, 9.17) is 5.73 Å². The Morgan fingerprint density at radius 3 is 1.76 bits per heavy atom. The van der Waals surface area contributed by atoms with Crippen LogP contribution in [0.15, 0.2) is 66.7 Å². The van der Waals surface area contributed by atoms with Gasteiger partial charge in [-0.05, 0) is 49.5 Å². The topological polar surface area (TPSA) is 206 Å². The van der Waals surface area contributed by atoms with Crippen LogP contribution < -0.4 is 32.3 Å². The Balaban J connectivity index is 1.39. The summed E-state index contributed by atoms with van der Waals surface area (Å²) >= 11 is 0. The molecule has 0 unspecified atom stereocenters. The van der Waals surface area contributed by atoms with E-state index in [1.807, 2.05) is 6.07 Å². The van der Waals surface area contributed by atoms with Crippen molar-refractivity contribution in [3.8, 4) is 0 Å². The van der Waals surface area contributed by atoms with Crippen molar-refractivity contribution in [3.63, 3.8) is 0 Å². The van der Waals surface area contributed by atoms with Crippen LogP contribution in [-0.2, 0) is 35.2 Å². The highest BCUT2D eigenvalue weighted by Crippen LogP contribution is 2.34. The third-order valence-corrected chi connectivity index (χ3v) is 10.4. The van der Waals surface area contributed by atoms with Gasteiger partial charge in [0.2, 0.25) is 35.4 Å². The highest BCUT2D eigenvalue weighted by Gasteiger charge is 2.34. The van der Waals surface area contributed by atoms with Crippen molar-refractivity contribution in [2.75, 3.05) is 6.54 Å². The molecule has 0 bridgehead atoms. The van der Waals surface area contributed by atoms with Crippen molar-refractivity contribution >= 4 is 41.2 Å². The molecule has 2 aromatic carbocycles. The average Bonchev–Trinajstić information content (AvgIpc) is 4.00. The molecule has 0 radical (unpaired) electrons. The van der Waals surface area contributed by atoms with Crippen LogP contribution in [0.5, 0.6) is 0 Å². The number of hydrogen-bond acceptors (Lipinski definition) is 7. The third-order valence-electron chi connectivity index (χ3n) is 10.4. The molecule has 2 fully saturated rings. The van der Waals surface area contributed by atoms with Crippen LogP contribution in [0.2, 0.25) is 0 Å². The first-order valence-electron chi connectivity index (χ1n) is 19.2. The number of amides is 6. The Kier molecular flexibility index (Phi) is 14.5. The lowest BCUT2D eigenvalue weighted by Crippen LogP contribution is -2.57. The van der Waals surface area contributed by atoms with E-state index in [1.54, 1.807) is 48.5 Å². The summed E-state index contributed by atoms with van der Waals surface area (Å²) in [5.74, 6) is -3.26. The van der Waals surface area contributed by atoms with Gasteiger partial charge >= 0.3 is 0 Å². The lowest BCUT2D eigenvalue weighted by Gasteiger charge is -2.29. The molecule has 0 aromatic heterocycles. The number of primary amides is 1. The predicted octanol–water partition coefficient (Wildman–Crippen LogP) is 2.51. The highest BCUT2D eigenvalue weighted by molar-refractivity contribution is 6.09. The van der Waals surface area contributed by atoms with Crippen molar-refractivity contribution in [2.24, 2.45) is 17.6 Å². The zero-order chi connectivity index (χ0) is 38.5. The summed E-state index contributed by atoms with van der Waals surface area (Å²) in [5, 5.41) is 13.9. The summed E-state index contributed by atoms with van der Waals surface area (Å²) in [5.41, 5.74) is 7.27. The van der Waals surface area contributed by atoms with Crippen LogP contribution in [-0.4, -0.2) is 71.9 Å². The molecule has 1 heterocycles. The van der Waals surface area contributed by atoms with E-state index in [-0.39, 0.29) is 37.0 Å². The molecular weight excluding hydrogens is 688 g/mol. The molecule has 1 aliphatic heterocycles. The molecule has 13 nitrogen and oxygen atoms in total. The number of benzene rings is 2. The second-order valence-corrected chi connectivity index (χ2v) is 14.8. The van der Waals surface area contributed by atoms with E-state index >= 15 is 0 Å². The van der Waals surface area contributed by atoms with Gasteiger partial charge in [0.25, 0.3) is 0 Å². The fourth-order valence-corrected chi connectivity index (χ4v) is 7.13. The number of nitrogens with one attached hydrogen (secondary N) is 5. The maximum atomic E-state index is 14.2. The van der Waals surface area contributed by atoms with Gasteiger partial charge in [-0.3, -0.25) is 33.6 Å². The zero-order valence-electron chi connectivity index (χ0n) is 30.6. The maximum Gasteiger partial charge on any atom is 0.244 e. The number of ketones is 1. The summed E-state index contributed by atoms with van der Waals surface area (Å²) in [4.78, 5) is 92.3. The number of carbonyl (C=O) groups excluding carboxylic acids is 7. The third kappa shape index (κ3) is 12.4. The van der Waals surface area contributed by atoms with Crippen molar-refractivity contribution in [1.29, 1.82) is 0 Å². The summed E-state index contributed by atoms with van der Waals surface area (Å²) in [6, 6.07) is 11.9. The van der Waals surface area contributed by atoms with Crippen molar-refractivity contribution in [2.45, 2.75) is 108 Å². The zero-order valence-corrected chi connectivity index (χ0v) is 30.6. The average molecular weight is 741 g/mol. The molecule has 3 aliphatic rings. The van der Waals surface area contributed by atoms with Gasteiger partial charge in [0, 0.05) is 36.2 Å². The molecular formula is C41H52N6O7. The SMILES string of the molecule is NC(=O)[C@@H]1CCCCNC(=O)[C@@H](Cc2ccc(C(=O)c3ccccc3)cc2)NC(=O)[C@H](CC2CCCCC2)NC(=O)[C@@H](CC2CC2)NC(=O)/C=C/C(=O)N1. The van der Waals surface area contributed by atoms with E-state index in [2.05, 4.69) is 26.6 Å². The summed E-state index contributed by atoms with van der Waals surface area (Å²) in [6.45, 7) is 0.223. The van der Waals surface area contributed by atoms with Gasteiger partial charge in [0.05, 0.1) is 0 Å². The van der Waals surface area contributed by atoms with Gasteiger partial charge in [0.1, 0.15) is 24.2 Å². The Hall–Kier alpha value is -5.33. The fourth-order valence-electron chi connectivity index (χ4n) is 7.13. The second kappa shape index (κ2) is 19.7. The normalized spacial score (nSPS) is 24.9. The minimum atomic E-state index is -1.02. The second-order valence-electron chi connectivity index (χ2n) is 14.8. The molecule has 5 rings (SSSR count). The van der Waals surface area contributed by atoms with E-state index in [0.29, 0.717) is 42.4 Å². The molecule has 0 spiro atoms. The standard InChI is InChI=1S/C41H52N6O7/c42-38(51)31-13-7-8-22-43-39(52)32(24-28-16-18-30(19-17-28)37(50)29-11-5-2-6-12-29)46-41(54)34(23-26-9-3-1-4-10-26)47-40(53)33(25-27-14-15-27)45-36(49)21-20-35(48)44-31/h2,5-6,11-12,16-21,26-27,31-34H,1,3-4,7-10,13-15,22-25H2,(H2,42,51)(H,43,52)(H,44,48)(H,45,49)(H,46,54)(H,47,53)/b21-20+/t31-,32+,33+,34-/m0/s1. The van der Waals surface area contributed by atoms with Crippen molar-refractivity contribution in [3.05, 3.63) is 83.4 Å². The number of hydrogen-bond donors (Lipinski definition) is 6. The van der Waals surface area contributed by atoms with Gasteiger partial charge in [-0.1, -0.05) is 99.5 Å². The molecule has 288 valence electrons.